The minimum absolute atomic E-state index is 0.251. The molecule has 0 spiro atoms. The Bertz CT molecular complexity index is 579. The molecule has 98 valence electrons. The van der Waals surface area contributed by atoms with Crippen molar-refractivity contribution in [3.05, 3.63) is 54.1 Å². The molecule has 1 amide bonds. The number of fused-ring (bicyclic) bond motifs is 1. The monoisotopic (exact) mass is 257 g/mol. The van der Waals surface area contributed by atoms with Crippen LogP contribution in [0.3, 0.4) is 0 Å². The Morgan fingerprint density at radius 1 is 1.26 bits per heavy atom. The molecule has 1 aromatic heterocycles. The van der Waals surface area contributed by atoms with E-state index in [4.69, 9.17) is 0 Å². The number of carbonyl (C=O) groups is 1. The van der Waals surface area contributed by atoms with Crippen LogP contribution in [0.2, 0.25) is 0 Å². The Morgan fingerprint density at radius 2 is 2.05 bits per heavy atom. The summed E-state index contributed by atoms with van der Waals surface area (Å²) in [5.74, 6) is -0.251. The number of aromatic nitrogens is 2. The summed E-state index contributed by atoms with van der Waals surface area (Å²) in [5, 5.41) is 10.1. The van der Waals surface area contributed by atoms with E-state index < -0.39 is 6.10 Å². The molecule has 19 heavy (non-hydrogen) atoms. The minimum Gasteiger partial charge on any atom is -0.378 e. The van der Waals surface area contributed by atoms with Crippen molar-refractivity contribution in [1.82, 2.24) is 14.5 Å². The van der Waals surface area contributed by atoms with Gasteiger partial charge in [-0.2, -0.15) is 0 Å². The number of amides is 1. The molecule has 0 aliphatic carbocycles. The van der Waals surface area contributed by atoms with Crippen LogP contribution < -0.4 is 0 Å². The molecule has 5 nitrogen and oxygen atoms in total. The zero-order valence-corrected chi connectivity index (χ0v) is 10.4. The molecule has 1 N–H and O–H groups in total. The highest BCUT2D eigenvalue weighted by molar-refractivity contribution is 5.82. The standard InChI is InChI=1S/C14H15N3O2/c18-13(11-4-2-1-3-5-11)14(19)16-6-7-17-10-15-8-12(17)9-16/h1-5,8,10,13,18H,6-7,9H2. The van der Waals surface area contributed by atoms with E-state index >= 15 is 0 Å². The molecule has 1 atom stereocenters. The number of hydrogen-bond acceptors (Lipinski definition) is 3. The van der Waals surface area contributed by atoms with Gasteiger partial charge in [0.15, 0.2) is 6.10 Å². The Kier molecular flexibility index (Phi) is 3.05. The maximum Gasteiger partial charge on any atom is 0.256 e. The van der Waals surface area contributed by atoms with Crippen LogP contribution in [0, 0.1) is 0 Å². The number of carbonyl (C=O) groups excluding carboxylic acids is 1. The van der Waals surface area contributed by atoms with E-state index in [1.165, 1.54) is 0 Å². The normalized spacial score (nSPS) is 15.9. The maximum absolute atomic E-state index is 12.3. The number of hydrogen-bond donors (Lipinski definition) is 1. The summed E-state index contributed by atoms with van der Waals surface area (Å²) >= 11 is 0. The van der Waals surface area contributed by atoms with Crippen molar-refractivity contribution in [3.8, 4) is 0 Å². The first-order valence-electron chi connectivity index (χ1n) is 6.26. The lowest BCUT2D eigenvalue weighted by Crippen LogP contribution is -2.40. The maximum atomic E-state index is 12.3. The van der Waals surface area contributed by atoms with Crippen LogP contribution in [0.1, 0.15) is 17.4 Å². The molecule has 2 aromatic rings. The van der Waals surface area contributed by atoms with Crippen molar-refractivity contribution < 1.29 is 9.90 Å². The third kappa shape index (κ3) is 2.24. The lowest BCUT2D eigenvalue weighted by molar-refractivity contribution is -0.142. The van der Waals surface area contributed by atoms with Crippen LogP contribution in [-0.4, -0.2) is 32.0 Å². The average molecular weight is 257 g/mol. The fraction of sp³-hybridized carbons (Fsp3) is 0.286. The average Bonchev–Trinajstić information content (AvgIpc) is 2.94. The molecule has 0 bridgehead atoms. The fourth-order valence-electron chi connectivity index (χ4n) is 2.32. The molecule has 5 heteroatoms. The van der Waals surface area contributed by atoms with Crippen molar-refractivity contribution in [2.24, 2.45) is 0 Å². The van der Waals surface area contributed by atoms with Crippen molar-refractivity contribution in [3.63, 3.8) is 0 Å². The molecule has 2 heterocycles. The third-order valence-electron chi connectivity index (χ3n) is 3.42. The zero-order valence-electron chi connectivity index (χ0n) is 10.4. The van der Waals surface area contributed by atoms with E-state index in [1.54, 1.807) is 29.6 Å². The first-order valence-corrected chi connectivity index (χ1v) is 6.26. The number of aliphatic hydroxyl groups excluding tert-OH is 1. The summed E-state index contributed by atoms with van der Waals surface area (Å²) in [6, 6.07) is 9.02. The topological polar surface area (TPSA) is 58.4 Å². The second-order valence-electron chi connectivity index (χ2n) is 4.65. The molecule has 0 saturated heterocycles. The Hall–Kier alpha value is -2.14. The van der Waals surface area contributed by atoms with E-state index in [0.29, 0.717) is 18.7 Å². The van der Waals surface area contributed by atoms with Gasteiger partial charge in [0, 0.05) is 19.3 Å². The van der Waals surface area contributed by atoms with Gasteiger partial charge in [-0.05, 0) is 5.56 Å². The number of rotatable bonds is 2. The van der Waals surface area contributed by atoms with Gasteiger partial charge >= 0.3 is 0 Å². The molecule has 0 fully saturated rings. The van der Waals surface area contributed by atoms with E-state index in [2.05, 4.69) is 4.98 Å². The van der Waals surface area contributed by atoms with Crippen LogP contribution in [0.15, 0.2) is 42.9 Å². The van der Waals surface area contributed by atoms with Crippen LogP contribution in [0.25, 0.3) is 0 Å². The van der Waals surface area contributed by atoms with Crippen molar-refractivity contribution in [1.29, 1.82) is 0 Å². The van der Waals surface area contributed by atoms with Crippen LogP contribution in [0.5, 0.6) is 0 Å². The van der Waals surface area contributed by atoms with Crippen molar-refractivity contribution in [2.75, 3.05) is 6.54 Å². The van der Waals surface area contributed by atoms with Gasteiger partial charge in [0.25, 0.3) is 5.91 Å². The Balaban J connectivity index is 1.75. The number of imidazole rings is 1. The van der Waals surface area contributed by atoms with Crippen molar-refractivity contribution in [2.45, 2.75) is 19.2 Å². The highest BCUT2D eigenvalue weighted by Gasteiger charge is 2.26. The molecular weight excluding hydrogens is 242 g/mol. The number of benzene rings is 1. The Morgan fingerprint density at radius 3 is 2.84 bits per heavy atom. The lowest BCUT2D eigenvalue weighted by Gasteiger charge is -2.29. The second-order valence-corrected chi connectivity index (χ2v) is 4.65. The zero-order chi connectivity index (χ0) is 13.2. The number of aliphatic hydroxyl groups is 1. The highest BCUT2D eigenvalue weighted by atomic mass is 16.3. The predicted octanol–water partition coefficient (Wildman–Crippen LogP) is 0.959. The largest absolute Gasteiger partial charge is 0.378 e. The molecule has 1 aliphatic rings. The summed E-state index contributed by atoms with van der Waals surface area (Å²) in [5.41, 5.74) is 1.63. The molecule has 0 radical (unpaired) electrons. The van der Waals surface area contributed by atoms with E-state index in [1.807, 2.05) is 22.8 Å². The fourth-order valence-corrected chi connectivity index (χ4v) is 2.32. The van der Waals surface area contributed by atoms with Crippen LogP contribution in [-0.2, 0) is 17.9 Å². The molecular formula is C14H15N3O2. The molecule has 0 saturated carbocycles. The number of nitrogens with zero attached hydrogens (tertiary/aromatic N) is 3. The van der Waals surface area contributed by atoms with E-state index in [9.17, 15) is 9.90 Å². The first kappa shape index (κ1) is 11.9. The SMILES string of the molecule is O=C(C(O)c1ccccc1)N1CCn2cncc2C1. The lowest BCUT2D eigenvalue weighted by atomic mass is 10.1. The second kappa shape index (κ2) is 4.85. The van der Waals surface area contributed by atoms with Gasteiger partial charge in [0.1, 0.15) is 0 Å². The van der Waals surface area contributed by atoms with Gasteiger partial charge < -0.3 is 14.6 Å². The Labute approximate surface area is 111 Å². The van der Waals surface area contributed by atoms with Gasteiger partial charge in [-0.3, -0.25) is 4.79 Å². The molecule has 1 unspecified atom stereocenters. The smallest absolute Gasteiger partial charge is 0.256 e. The molecule has 1 aliphatic heterocycles. The van der Waals surface area contributed by atoms with Gasteiger partial charge in [-0.15, -0.1) is 0 Å². The third-order valence-corrected chi connectivity index (χ3v) is 3.42. The minimum atomic E-state index is -1.09. The van der Waals surface area contributed by atoms with E-state index in [-0.39, 0.29) is 5.91 Å². The van der Waals surface area contributed by atoms with Crippen LogP contribution >= 0.6 is 0 Å². The summed E-state index contributed by atoms with van der Waals surface area (Å²) in [4.78, 5) is 18.0. The highest BCUT2D eigenvalue weighted by Crippen LogP contribution is 2.19. The summed E-state index contributed by atoms with van der Waals surface area (Å²) in [6.07, 6.45) is 2.44. The van der Waals surface area contributed by atoms with Crippen LogP contribution in [0.4, 0.5) is 0 Å². The van der Waals surface area contributed by atoms with Gasteiger partial charge in [0.2, 0.25) is 0 Å². The molecule has 3 rings (SSSR count). The molecule has 1 aromatic carbocycles. The first-order chi connectivity index (χ1) is 9.25. The van der Waals surface area contributed by atoms with Gasteiger partial charge in [0.05, 0.1) is 18.6 Å². The summed E-state index contributed by atoms with van der Waals surface area (Å²) < 4.78 is 2.03. The van der Waals surface area contributed by atoms with E-state index in [0.717, 1.165) is 12.2 Å². The summed E-state index contributed by atoms with van der Waals surface area (Å²) in [7, 11) is 0. The van der Waals surface area contributed by atoms with Crippen molar-refractivity contribution >= 4 is 5.91 Å². The van der Waals surface area contributed by atoms with Gasteiger partial charge in [-0.1, -0.05) is 30.3 Å². The summed E-state index contributed by atoms with van der Waals surface area (Å²) in [6.45, 7) is 1.83. The predicted molar refractivity (Wildman–Crippen MR) is 69.0 cm³/mol. The quantitative estimate of drug-likeness (QED) is 0.871. The van der Waals surface area contributed by atoms with Gasteiger partial charge in [-0.25, -0.2) is 4.98 Å².